The van der Waals surface area contributed by atoms with E-state index in [0.717, 1.165) is 69.9 Å². The summed E-state index contributed by atoms with van der Waals surface area (Å²) >= 11 is 0. The number of ether oxygens (including phenoxy) is 4. The van der Waals surface area contributed by atoms with Crippen molar-refractivity contribution >= 4 is 46.0 Å². The van der Waals surface area contributed by atoms with Crippen LogP contribution in [0.2, 0.25) is 0 Å². The van der Waals surface area contributed by atoms with Crippen molar-refractivity contribution in [3.8, 4) is 23.0 Å². The van der Waals surface area contributed by atoms with Gasteiger partial charge < -0.3 is 18.9 Å². The van der Waals surface area contributed by atoms with Gasteiger partial charge in [-0.3, -0.25) is 4.99 Å². The molecule has 0 spiro atoms. The quantitative estimate of drug-likeness (QED) is 0.0525. The second-order valence-electron chi connectivity index (χ2n) is 8.82. The average Bonchev–Trinajstić information content (AvgIpc) is 3.04. The van der Waals surface area contributed by atoms with Crippen molar-refractivity contribution in [1.29, 1.82) is 0 Å². The lowest BCUT2D eigenvalue weighted by atomic mass is 10.1. The Labute approximate surface area is 257 Å². The number of aryl methyl sites for hydroxylation is 1. The highest BCUT2D eigenvalue weighted by molar-refractivity contribution is 8.76. The predicted octanol–water partition coefficient (Wildman–Crippen LogP) is 7.46. The Bertz CT molecular complexity index is 1400. The van der Waals surface area contributed by atoms with Gasteiger partial charge in [-0.15, -0.1) is 0 Å². The molecule has 1 aromatic heterocycles. The number of aliphatic imine (C=N–C) groups is 1. The predicted molar refractivity (Wildman–Crippen MR) is 180 cm³/mol. The molecule has 0 saturated heterocycles. The van der Waals surface area contributed by atoms with Crippen LogP contribution in [0, 0.1) is 0 Å². The Hall–Kier alpha value is -3.88. The summed E-state index contributed by atoms with van der Waals surface area (Å²) < 4.78 is 23.7. The Morgan fingerprint density at radius 2 is 1.40 bits per heavy atom. The van der Waals surface area contributed by atoms with E-state index in [2.05, 4.69) is 52.8 Å². The monoisotopic (exact) mass is 603 g/mol. The molecule has 0 bridgehead atoms. The Balaban J connectivity index is 1.36. The van der Waals surface area contributed by atoms with Crippen LogP contribution >= 0.6 is 21.6 Å². The molecule has 220 valence electrons. The second-order valence-corrected chi connectivity index (χ2v) is 11.5. The maximum Gasteiger partial charge on any atom is 0.169 e. The van der Waals surface area contributed by atoms with E-state index in [4.69, 9.17) is 18.9 Å². The van der Waals surface area contributed by atoms with Crippen LogP contribution in [0.1, 0.15) is 16.7 Å². The number of hydrogen-bond donors (Lipinski definition) is 0. The molecule has 0 aliphatic rings. The van der Waals surface area contributed by atoms with Gasteiger partial charge >= 0.3 is 0 Å². The van der Waals surface area contributed by atoms with Gasteiger partial charge in [0.15, 0.2) is 18.9 Å². The van der Waals surface area contributed by atoms with Gasteiger partial charge in [0.1, 0.15) is 23.0 Å². The molecular formula is C34H39N2O4S2+. The lowest BCUT2D eigenvalue weighted by Crippen LogP contribution is -2.33. The zero-order valence-electron chi connectivity index (χ0n) is 24.7. The smallest absolute Gasteiger partial charge is 0.169 e. The van der Waals surface area contributed by atoms with Crippen LogP contribution in [0.25, 0.3) is 18.2 Å². The van der Waals surface area contributed by atoms with E-state index < -0.39 is 0 Å². The molecule has 0 amide bonds. The molecule has 0 atom stereocenters. The molecular weight excluding hydrogens is 565 g/mol. The summed E-state index contributed by atoms with van der Waals surface area (Å²) in [6.07, 6.45) is 18.0. The Morgan fingerprint density at radius 1 is 0.786 bits per heavy atom. The molecule has 2 aromatic carbocycles. The number of pyridine rings is 1. The molecule has 8 heteroatoms. The zero-order chi connectivity index (χ0) is 30.0. The third kappa shape index (κ3) is 10.8. The molecule has 6 nitrogen and oxygen atoms in total. The van der Waals surface area contributed by atoms with Gasteiger partial charge in [0.25, 0.3) is 0 Å². The molecule has 0 aliphatic heterocycles. The number of nitrogens with zero attached hydrogens (tertiary/aromatic N) is 2. The van der Waals surface area contributed by atoms with Crippen molar-refractivity contribution in [3.05, 3.63) is 108 Å². The van der Waals surface area contributed by atoms with Gasteiger partial charge in [0.2, 0.25) is 0 Å². The fraction of sp³-hybridized carbons (Fsp3) is 0.235. The molecule has 3 aromatic rings. The van der Waals surface area contributed by atoms with Crippen molar-refractivity contribution in [2.24, 2.45) is 4.99 Å². The van der Waals surface area contributed by atoms with Gasteiger partial charge in [-0.2, -0.15) is 0 Å². The third-order valence-electron chi connectivity index (χ3n) is 6.14. The Morgan fingerprint density at radius 3 is 2.00 bits per heavy atom. The van der Waals surface area contributed by atoms with Crippen LogP contribution in [0.4, 0.5) is 0 Å². The highest BCUT2D eigenvalue weighted by Gasteiger charge is 2.04. The number of hydrogen-bond acceptors (Lipinski definition) is 7. The molecule has 3 rings (SSSR count). The minimum Gasteiger partial charge on any atom is -0.497 e. The second kappa shape index (κ2) is 18.5. The summed E-state index contributed by atoms with van der Waals surface area (Å²) in [6.45, 7) is 5.62. The molecule has 0 saturated carbocycles. The lowest BCUT2D eigenvalue weighted by Gasteiger charge is -2.07. The fourth-order valence-corrected chi connectivity index (χ4v) is 5.62. The van der Waals surface area contributed by atoms with Crippen molar-refractivity contribution < 1.29 is 23.5 Å². The van der Waals surface area contributed by atoms with E-state index in [1.807, 2.05) is 88.5 Å². The summed E-state index contributed by atoms with van der Waals surface area (Å²) in [4.78, 5) is 4.51. The molecule has 0 aliphatic carbocycles. The van der Waals surface area contributed by atoms with Gasteiger partial charge in [-0.05, 0) is 41.5 Å². The number of benzene rings is 2. The highest BCUT2D eigenvalue weighted by atomic mass is 33.1. The highest BCUT2D eigenvalue weighted by Crippen LogP contribution is 2.27. The van der Waals surface area contributed by atoms with E-state index in [1.165, 1.54) is 0 Å². The number of allylic oxidation sites excluding steroid dienone is 4. The van der Waals surface area contributed by atoms with Crippen molar-refractivity contribution in [2.45, 2.75) is 6.54 Å². The van der Waals surface area contributed by atoms with Crippen molar-refractivity contribution in [3.63, 3.8) is 0 Å². The Kier molecular flexibility index (Phi) is 14.4. The standard InChI is InChI=1S/C34H39N2O4S2/c1-6-27(7-9-29-11-13-31(37-2)25-33(29)39-4)15-18-35-19-23-41-42-24-22-36-20-16-28(17-21-36)8-10-30-12-14-32(38-3)26-34(30)40-5/h6-18,20-21,25-26H,1,19,22-24H2,2-5H3/q+1/b9-7+,10-8+,27-15+,35-18+. The van der Waals surface area contributed by atoms with Crippen LogP contribution in [0.5, 0.6) is 23.0 Å². The van der Waals surface area contributed by atoms with Gasteiger partial charge in [0.05, 0.1) is 34.2 Å². The summed E-state index contributed by atoms with van der Waals surface area (Å²) in [6, 6.07) is 15.8. The maximum atomic E-state index is 5.47. The lowest BCUT2D eigenvalue weighted by molar-refractivity contribution is -0.692. The molecule has 0 unspecified atom stereocenters. The van der Waals surface area contributed by atoms with Gasteiger partial charge in [-0.1, -0.05) is 58.5 Å². The summed E-state index contributed by atoms with van der Waals surface area (Å²) in [5.41, 5.74) is 4.08. The van der Waals surface area contributed by atoms with E-state index in [0.29, 0.717) is 0 Å². The van der Waals surface area contributed by atoms with Crippen LogP contribution in [-0.4, -0.2) is 52.7 Å². The first-order chi connectivity index (χ1) is 20.6. The van der Waals surface area contributed by atoms with Crippen LogP contribution in [0.15, 0.2) is 96.3 Å². The summed E-state index contributed by atoms with van der Waals surface area (Å²) in [5.74, 6) is 5.06. The van der Waals surface area contributed by atoms with E-state index in [-0.39, 0.29) is 0 Å². The maximum absolute atomic E-state index is 5.47. The first kappa shape index (κ1) is 32.6. The van der Waals surface area contributed by atoms with Crippen molar-refractivity contribution in [2.75, 3.05) is 46.5 Å². The molecule has 0 N–H and O–H groups in total. The normalized spacial score (nSPS) is 11.9. The topological polar surface area (TPSA) is 53.2 Å². The largest absolute Gasteiger partial charge is 0.497 e. The third-order valence-corrected chi connectivity index (χ3v) is 8.50. The fourth-order valence-electron chi connectivity index (χ4n) is 3.77. The van der Waals surface area contributed by atoms with E-state index >= 15 is 0 Å². The SMILES string of the molecule is C=CC(/C=C/c1ccc(OC)cc1OC)=C\C=N\CCSSCC[n+]1ccc(/C=C/c2ccc(OC)cc2OC)cc1. The number of aromatic nitrogens is 1. The first-order valence-electron chi connectivity index (χ1n) is 13.5. The van der Waals surface area contributed by atoms with Gasteiger partial charge in [0, 0.05) is 53.9 Å². The van der Waals surface area contributed by atoms with Crippen LogP contribution < -0.4 is 23.5 Å². The minimum atomic E-state index is 0.756. The molecule has 0 radical (unpaired) electrons. The zero-order valence-corrected chi connectivity index (χ0v) is 26.3. The first-order valence-corrected chi connectivity index (χ1v) is 15.9. The minimum absolute atomic E-state index is 0.756. The van der Waals surface area contributed by atoms with Crippen LogP contribution in [0.3, 0.4) is 0 Å². The van der Waals surface area contributed by atoms with E-state index in [9.17, 15) is 0 Å². The molecule has 42 heavy (non-hydrogen) atoms. The van der Waals surface area contributed by atoms with Crippen LogP contribution in [-0.2, 0) is 6.54 Å². The average molecular weight is 604 g/mol. The molecule has 1 heterocycles. The van der Waals surface area contributed by atoms with Gasteiger partial charge in [-0.25, -0.2) is 4.57 Å². The number of methoxy groups -OCH3 is 4. The number of rotatable bonds is 17. The van der Waals surface area contributed by atoms with Crippen molar-refractivity contribution in [1.82, 2.24) is 0 Å². The molecule has 0 fully saturated rings. The summed E-state index contributed by atoms with van der Waals surface area (Å²) in [5, 5.41) is 0. The summed E-state index contributed by atoms with van der Waals surface area (Å²) in [7, 11) is 10.3. The van der Waals surface area contributed by atoms with E-state index in [1.54, 1.807) is 28.4 Å².